The van der Waals surface area contributed by atoms with E-state index in [9.17, 15) is 0 Å². The summed E-state index contributed by atoms with van der Waals surface area (Å²) in [6, 6.07) is 98.4. The highest BCUT2D eigenvalue weighted by Gasteiger charge is 2.38. The van der Waals surface area contributed by atoms with Crippen LogP contribution in [-0.2, 0) is 5.41 Å². The van der Waals surface area contributed by atoms with Crippen molar-refractivity contribution < 1.29 is 0 Å². The Balaban J connectivity index is 1.11. The summed E-state index contributed by atoms with van der Waals surface area (Å²) in [5.41, 5.74) is 17.2. The number of hydrogen-bond acceptors (Lipinski definition) is 0. The van der Waals surface area contributed by atoms with E-state index in [-0.39, 0.29) is 0 Å². The average molecular weight is 1020 g/mol. The smallest absolute Gasteiger partial charge is 0.0541 e. The molecule has 0 fully saturated rings. The van der Waals surface area contributed by atoms with Gasteiger partial charge in [-0.2, -0.15) is 0 Å². The molecule has 4 aromatic heterocycles. The molecule has 0 saturated heterocycles. The Morgan fingerprint density at radius 3 is 0.759 bits per heavy atom. The van der Waals surface area contributed by atoms with Crippen molar-refractivity contribution in [2.75, 3.05) is 0 Å². The largest absolute Gasteiger partial charge is 0.309 e. The van der Waals surface area contributed by atoms with Crippen molar-refractivity contribution in [3.05, 3.63) is 278 Å². The molecule has 15 aromatic rings. The van der Waals surface area contributed by atoms with Crippen LogP contribution in [0.25, 0.3) is 110 Å². The van der Waals surface area contributed by atoms with Crippen molar-refractivity contribution in [2.45, 2.75) is 57.3 Å². The maximum Gasteiger partial charge on any atom is 0.0541 e. The molecule has 0 bridgehead atoms. The van der Waals surface area contributed by atoms with Gasteiger partial charge in [-0.05, 0) is 108 Å². The van der Waals surface area contributed by atoms with E-state index in [1.54, 1.807) is 0 Å². The Labute approximate surface area is 460 Å². The third kappa shape index (κ3) is 7.49. The zero-order valence-corrected chi connectivity index (χ0v) is 44.6. The molecule has 0 spiro atoms. The summed E-state index contributed by atoms with van der Waals surface area (Å²) in [6.07, 6.45) is 8.03. The first-order valence-electron chi connectivity index (χ1n) is 28.5. The fourth-order valence-electron chi connectivity index (χ4n) is 13.8. The Hall–Kier alpha value is -9.38. The van der Waals surface area contributed by atoms with E-state index in [4.69, 9.17) is 0 Å². The van der Waals surface area contributed by atoms with E-state index >= 15 is 0 Å². The molecule has 0 radical (unpaired) electrons. The number of hydrogen-bond donors (Lipinski definition) is 0. The second-order valence-corrected chi connectivity index (χ2v) is 21.7. The van der Waals surface area contributed by atoms with Crippen molar-refractivity contribution in [3.8, 4) is 22.7 Å². The SMILES string of the molecule is CCCCCCCCC(c1ccccc1)(c1cc(-n2c3ccccc3c3ccccc32)cc(-n2c3ccccc3c3ccccc32)c1)c1cc(-n2c3ccccc3c3ccccc32)cc(-n2c3ccccc3c3ccccc32)c1. The third-order valence-corrected chi connectivity index (χ3v) is 17.3. The van der Waals surface area contributed by atoms with Gasteiger partial charge in [0.05, 0.1) is 44.1 Å². The molecule has 0 saturated carbocycles. The van der Waals surface area contributed by atoms with E-state index in [0.29, 0.717) is 0 Å². The lowest BCUT2D eigenvalue weighted by Crippen LogP contribution is -2.30. The van der Waals surface area contributed by atoms with Crippen molar-refractivity contribution in [1.82, 2.24) is 18.3 Å². The summed E-state index contributed by atoms with van der Waals surface area (Å²) in [7, 11) is 0. The summed E-state index contributed by atoms with van der Waals surface area (Å²) in [4.78, 5) is 0. The second kappa shape index (κ2) is 19.3. The standard InChI is InChI=1S/C75H60N4/c1-2-3-4-5-6-26-45-75(52-27-8-7-9-28-52,53-46-55(76-67-37-18-10-29-59(67)60-30-11-19-38-68(60)76)50-56(47-53)77-69-39-20-12-31-61(69)62-32-13-21-40-70(62)77)54-48-57(78-71-41-22-14-33-63(71)64-34-15-23-42-72(64)78)51-58(49-54)79-73-43-24-16-35-65(73)66-36-17-25-44-74(66)79/h7-25,27-44,46-51H,2-6,26,45H2,1H3. The van der Waals surface area contributed by atoms with Gasteiger partial charge in [-0.25, -0.2) is 0 Å². The van der Waals surface area contributed by atoms with Crippen LogP contribution in [0.2, 0.25) is 0 Å². The van der Waals surface area contributed by atoms with Crippen LogP contribution >= 0.6 is 0 Å². The zero-order valence-electron chi connectivity index (χ0n) is 44.6. The van der Waals surface area contributed by atoms with Gasteiger partial charge in [0.25, 0.3) is 0 Å². The zero-order chi connectivity index (χ0) is 52.4. The van der Waals surface area contributed by atoms with Gasteiger partial charge in [0.15, 0.2) is 0 Å². The van der Waals surface area contributed by atoms with Gasteiger partial charge in [0.2, 0.25) is 0 Å². The maximum absolute atomic E-state index is 2.56. The molecule has 4 nitrogen and oxygen atoms in total. The monoisotopic (exact) mass is 1020 g/mol. The summed E-state index contributed by atoms with van der Waals surface area (Å²) < 4.78 is 10.1. The fraction of sp³-hybridized carbons (Fsp3) is 0.120. The lowest BCUT2D eigenvalue weighted by molar-refractivity contribution is 0.498. The fourth-order valence-corrected chi connectivity index (χ4v) is 13.8. The Morgan fingerprint density at radius 1 is 0.241 bits per heavy atom. The highest BCUT2D eigenvalue weighted by Crippen LogP contribution is 2.49. The van der Waals surface area contributed by atoms with Crippen LogP contribution in [0, 0.1) is 0 Å². The normalized spacial score (nSPS) is 12.2. The Bertz CT molecular complexity index is 4040. The molecule has 4 heteroatoms. The van der Waals surface area contributed by atoms with Crippen molar-refractivity contribution in [2.24, 2.45) is 0 Å². The quantitative estimate of drug-likeness (QED) is 0.0764. The number of aromatic nitrogens is 4. The first-order chi connectivity index (χ1) is 39.2. The number of rotatable bonds is 14. The van der Waals surface area contributed by atoms with Crippen molar-refractivity contribution in [1.29, 1.82) is 0 Å². The molecular weight excluding hydrogens is 957 g/mol. The number of unbranched alkanes of at least 4 members (excludes halogenated alkanes) is 5. The molecule has 0 N–H and O–H groups in total. The highest BCUT2D eigenvalue weighted by molar-refractivity contribution is 6.12. The molecule has 380 valence electrons. The van der Waals surface area contributed by atoms with Crippen molar-refractivity contribution in [3.63, 3.8) is 0 Å². The topological polar surface area (TPSA) is 19.7 Å². The Kier molecular flexibility index (Phi) is 11.4. The van der Waals surface area contributed by atoms with Crippen LogP contribution in [0.5, 0.6) is 0 Å². The number of benzene rings is 11. The van der Waals surface area contributed by atoms with E-state index in [1.807, 2.05) is 0 Å². The molecule has 15 rings (SSSR count). The number of nitrogens with zero attached hydrogens (tertiary/aromatic N) is 4. The van der Waals surface area contributed by atoms with Gasteiger partial charge in [-0.1, -0.05) is 221 Å². The average Bonchev–Trinajstić information content (AvgIpc) is 4.48. The summed E-state index contributed by atoms with van der Waals surface area (Å²) in [6.45, 7) is 2.32. The van der Waals surface area contributed by atoms with E-state index in [1.165, 1.54) is 130 Å². The minimum atomic E-state index is -0.656. The van der Waals surface area contributed by atoms with Crippen LogP contribution in [0.4, 0.5) is 0 Å². The molecule has 4 heterocycles. The van der Waals surface area contributed by atoms with Crippen LogP contribution in [0.1, 0.15) is 68.6 Å². The Morgan fingerprint density at radius 2 is 0.481 bits per heavy atom. The molecule has 0 aliphatic carbocycles. The van der Waals surface area contributed by atoms with Gasteiger partial charge < -0.3 is 18.3 Å². The van der Waals surface area contributed by atoms with Gasteiger partial charge in [-0.3, -0.25) is 0 Å². The molecule has 0 amide bonds. The maximum atomic E-state index is 2.56. The molecule has 0 aliphatic heterocycles. The minimum absolute atomic E-state index is 0.656. The predicted molar refractivity (Wildman–Crippen MR) is 335 cm³/mol. The summed E-state index contributed by atoms with van der Waals surface area (Å²) in [5, 5.41) is 9.99. The second-order valence-electron chi connectivity index (χ2n) is 21.7. The van der Waals surface area contributed by atoms with E-state index in [0.717, 1.165) is 42.0 Å². The molecule has 79 heavy (non-hydrogen) atoms. The molecule has 11 aromatic carbocycles. The van der Waals surface area contributed by atoms with Crippen LogP contribution < -0.4 is 0 Å². The van der Waals surface area contributed by atoms with Gasteiger partial charge in [0.1, 0.15) is 0 Å². The highest BCUT2D eigenvalue weighted by atomic mass is 15.0. The van der Waals surface area contributed by atoms with E-state index < -0.39 is 5.41 Å². The molecular formula is C75H60N4. The predicted octanol–water partition coefficient (Wildman–Crippen LogP) is 20.2. The van der Waals surface area contributed by atoms with Crippen LogP contribution in [0.3, 0.4) is 0 Å². The van der Waals surface area contributed by atoms with Gasteiger partial charge in [0, 0.05) is 71.3 Å². The van der Waals surface area contributed by atoms with Crippen LogP contribution in [-0.4, -0.2) is 18.3 Å². The van der Waals surface area contributed by atoms with Gasteiger partial charge in [-0.15, -0.1) is 0 Å². The summed E-state index contributed by atoms with van der Waals surface area (Å²) in [5.74, 6) is 0. The minimum Gasteiger partial charge on any atom is -0.309 e. The van der Waals surface area contributed by atoms with Gasteiger partial charge >= 0.3 is 0 Å². The first-order valence-corrected chi connectivity index (χ1v) is 28.5. The lowest BCUT2D eigenvalue weighted by Gasteiger charge is -2.38. The van der Waals surface area contributed by atoms with E-state index in [2.05, 4.69) is 286 Å². The number of para-hydroxylation sites is 8. The van der Waals surface area contributed by atoms with Crippen molar-refractivity contribution >= 4 is 87.2 Å². The lowest BCUT2D eigenvalue weighted by atomic mass is 9.66. The van der Waals surface area contributed by atoms with Crippen LogP contribution in [0.15, 0.2) is 261 Å². The number of fused-ring (bicyclic) bond motifs is 12. The molecule has 0 aliphatic rings. The summed E-state index contributed by atoms with van der Waals surface area (Å²) >= 11 is 0. The first kappa shape index (κ1) is 46.9. The molecule has 0 atom stereocenters. The third-order valence-electron chi connectivity index (χ3n) is 17.3. The molecule has 0 unspecified atom stereocenters.